The van der Waals surface area contributed by atoms with Gasteiger partial charge < -0.3 is 14.2 Å². The Morgan fingerprint density at radius 1 is 0.282 bits per heavy atom. The molecule has 78 heavy (non-hydrogen) atoms. The van der Waals surface area contributed by atoms with Crippen LogP contribution in [0.15, 0.2) is 232 Å². The summed E-state index contributed by atoms with van der Waals surface area (Å²) in [6, 6.07) is 81.9. The summed E-state index contributed by atoms with van der Waals surface area (Å²) in [5.74, 6) is 2.57. The number of rotatable bonds is 15. The predicted octanol–water partition coefficient (Wildman–Crippen LogP) is 18.3. The van der Waals surface area contributed by atoms with E-state index in [-0.39, 0.29) is 0 Å². The molecule has 0 aromatic heterocycles. The Morgan fingerprint density at radius 3 is 0.782 bits per heavy atom. The topological polar surface area (TPSA) is 27.7 Å². The van der Waals surface area contributed by atoms with E-state index in [9.17, 15) is 0 Å². The molecule has 3 aliphatic carbocycles. The summed E-state index contributed by atoms with van der Waals surface area (Å²) in [7, 11) is 5.34. The zero-order chi connectivity index (χ0) is 53.2. The van der Waals surface area contributed by atoms with Crippen molar-refractivity contribution in [1.29, 1.82) is 0 Å². The lowest BCUT2D eigenvalue weighted by atomic mass is 9.62. The second-order valence-corrected chi connectivity index (χ2v) is 24.4. The Balaban J connectivity index is 1.26. The summed E-state index contributed by atoms with van der Waals surface area (Å²) in [6.07, 6.45) is 4.50. The van der Waals surface area contributed by atoms with E-state index in [4.69, 9.17) is 14.2 Å². The smallest absolute Gasteiger partial charge is 0.119 e. The van der Waals surface area contributed by atoms with Crippen molar-refractivity contribution in [1.82, 2.24) is 0 Å². The molecule has 6 heteroatoms. The third-order valence-corrected chi connectivity index (χ3v) is 18.7. The molecule has 3 atom stereocenters. The van der Waals surface area contributed by atoms with Crippen LogP contribution in [0.3, 0.4) is 0 Å². The molecular weight excluding hydrogens is 1150 g/mol. The van der Waals surface area contributed by atoms with Gasteiger partial charge in [0.05, 0.1) is 21.3 Å². The van der Waals surface area contributed by atoms with Gasteiger partial charge in [-0.3, -0.25) is 0 Å². The first kappa shape index (κ1) is 50.5. The van der Waals surface area contributed by atoms with Crippen LogP contribution in [-0.4, -0.2) is 21.3 Å². The number of methoxy groups -OCH3 is 3. The molecule has 13 rings (SSSR count). The lowest BCUT2D eigenvalue weighted by Crippen LogP contribution is -2.36. The summed E-state index contributed by atoms with van der Waals surface area (Å²) < 4.78 is 21.3. The first-order valence-electron chi connectivity index (χ1n) is 26.8. The van der Waals surface area contributed by atoms with Gasteiger partial charge in [-0.05, 0) is 211 Å². The Kier molecular flexibility index (Phi) is 13.2. The summed E-state index contributed by atoms with van der Waals surface area (Å²) in [6.45, 7) is 0. The van der Waals surface area contributed by atoms with Crippen molar-refractivity contribution in [3.8, 4) is 50.6 Å². The number of halogens is 3. The SMILES string of the molecule is COc1cccc(C[C@@]2(Cc3cccc(Br)c3)c3ccccc3-c3c2c2c(c4c3[C@](Cc3cccc(Br)c3)(Cc3cccc(OC)c3)c3ccccc3-4)[C@](Cc3cccc(Br)c3)(Cc3cccc(OC)c3)c3ccccc3-2)c1. The quantitative estimate of drug-likeness (QED) is 0.102. The average molecular weight is 1210 g/mol. The van der Waals surface area contributed by atoms with E-state index >= 15 is 0 Å². The second-order valence-electron chi connectivity index (χ2n) is 21.6. The van der Waals surface area contributed by atoms with Crippen molar-refractivity contribution in [3.63, 3.8) is 0 Å². The summed E-state index contributed by atoms with van der Waals surface area (Å²) in [5.41, 5.74) is 22.0. The van der Waals surface area contributed by atoms with Crippen LogP contribution in [0.25, 0.3) is 33.4 Å². The minimum atomic E-state index is -0.570. The zero-order valence-electron chi connectivity index (χ0n) is 43.9. The molecule has 0 fully saturated rings. The Morgan fingerprint density at radius 2 is 0.526 bits per heavy atom. The van der Waals surface area contributed by atoms with E-state index in [0.717, 1.165) is 69.2 Å². The molecule has 0 saturated heterocycles. The van der Waals surface area contributed by atoms with E-state index in [1.54, 1.807) is 21.3 Å². The van der Waals surface area contributed by atoms with Crippen LogP contribution in [0.5, 0.6) is 17.2 Å². The highest BCUT2D eigenvalue weighted by Crippen LogP contribution is 2.70. The van der Waals surface area contributed by atoms with Crippen molar-refractivity contribution in [2.45, 2.75) is 54.8 Å². The molecule has 10 aromatic rings. The van der Waals surface area contributed by atoms with Gasteiger partial charge in [0.15, 0.2) is 0 Å². The fourth-order valence-electron chi connectivity index (χ4n) is 14.4. The fraction of sp³-hybridized carbons (Fsp3) is 0.167. The Hall–Kier alpha value is -6.96. The standard InChI is InChI=1S/C72H57Br3O3/c1-76-55-25-13-19-49(37-55)43-70(40-46-16-10-22-52(73)34-46)61-31-7-4-28-58(61)64-67(70)65-59-29-5-8-32-62(59)71(41-47-17-11-23-53(74)35-47,44-50-20-14-26-56(38-50)77-2)69(65)66-60-30-6-9-33-63(60)72(68(64)66,42-48-18-12-24-54(75)36-48)45-51-21-15-27-57(39-51)78-3/h4-39H,40-45H2,1-3H3/t70-,71-,72+/m1/s1. The number of hydrogen-bond donors (Lipinski definition) is 0. The van der Waals surface area contributed by atoms with Crippen molar-refractivity contribution in [3.05, 3.63) is 299 Å². The van der Waals surface area contributed by atoms with Crippen LogP contribution in [0.2, 0.25) is 0 Å². The molecular formula is C72H57Br3O3. The maximum atomic E-state index is 6.04. The van der Waals surface area contributed by atoms with Crippen LogP contribution in [0.1, 0.15) is 66.8 Å². The van der Waals surface area contributed by atoms with Gasteiger partial charge in [-0.25, -0.2) is 0 Å². The van der Waals surface area contributed by atoms with Gasteiger partial charge in [0, 0.05) is 29.7 Å². The van der Waals surface area contributed by atoms with Gasteiger partial charge in [0.25, 0.3) is 0 Å². The lowest BCUT2D eigenvalue weighted by molar-refractivity contribution is 0.413. The van der Waals surface area contributed by atoms with Crippen molar-refractivity contribution < 1.29 is 14.2 Å². The van der Waals surface area contributed by atoms with Gasteiger partial charge in [-0.2, -0.15) is 0 Å². The molecule has 3 aliphatic rings. The van der Waals surface area contributed by atoms with E-state index in [1.165, 1.54) is 100 Å². The van der Waals surface area contributed by atoms with Gasteiger partial charge in [0.1, 0.15) is 17.2 Å². The predicted molar refractivity (Wildman–Crippen MR) is 329 cm³/mol. The van der Waals surface area contributed by atoms with Crippen molar-refractivity contribution >= 4 is 47.8 Å². The van der Waals surface area contributed by atoms with Crippen LogP contribution >= 0.6 is 47.8 Å². The number of hydrogen-bond acceptors (Lipinski definition) is 3. The van der Waals surface area contributed by atoms with Gasteiger partial charge in [-0.15, -0.1) is 0 Å². The number of fused-ring (bicyclic) bond motifs is 12. The molecule has 0 aliphatic heterocycles. The molecule has 0 unspecified atom stereocenters. The first-order valence-corrected chi connectivity index (χ1v) is 29.2. The normalized spacial score (nSPS) is 18.1. The highest BCUT2D eigenvalue weighted by atomic mass is 79.9. The summed E-state index contributed by atoms with van der Waals surface area (Å²) in [4.78, 5) is 0. The van der Waals surface area contributed by atoms with E-state index in [2.05, 4.69) is 266 Å². The van der Waals surface area contributed by atoms with Gasteiger partial charge >= 0.3 is 0 Å². The first-order chi connectivity index (χ1) is 38.1. The fourth-order valence-corrected chi connectivity index (χ4v) is 15.8. The number of ether oxygens (including phenoxy) is 3. The largest absolute Gasteiger partial charge is 0.497 e. The van der Waals surface area contributed by atoms with Crippen LogP contribution in [-0.2, 0) is 54.8 Å². The molecule has 10 aromatic carbocycles. The van der Waals surface area contributed by atoms with Crippen molar-refractivity contribution in [2.24, 2.45) is 0 Å². The average Bonchev–Trinajstić information content (AvgIpc) is 2.40. The number of benzene rings is 10. The zero-order valence-corrected chi connectivity index (χ0v) is 48.6. The van der Waals surface area contributed by atoms with Crippen LogP contribution in [0, 0.1) is 0 Å². The molecule has 3 nitrogen and oxygen atoms in total. The third-order valence-electron chi connectivity index (χ3n) is 17.2. The molecule has 0 amide bonds. The minimum Gasteiger partial charge on any atom is -0.497 e. The monoisotopic (exact) mass is 1210 g/mol. The van der Waals surface area contributed by atoms with E-state index < -0.39 is 16.2 Å². The summed E-state index contributed by atoms with van der Waals surface area (Å²) >= 11 is 11.9. The molecule has 384 valence electrons. The molecule has 0 N–H and O–H groups in total. The summed E-state index contributed by atoms with van der Waals surface area (Å²) in [5, 5.41) is 0. The maximum Gasteiger partial charge on any atom is 0.119 e. The van der Waals surface area contributed by atoms with E-state index in [0.29, 0.717) is 0 Å². The van der Waals surface area contributed by atoms with E-state index in [1.807, 2.05) is 0 Å². The van der Waals surface area contributed by atoms with Crippen LogP contribution < -0.4 is 14.2 Å². The Bertz CT molecular complexity index is 3550. The van der Waals surface area contributed by atoms with Crippen molar-refractivity contribution in [2.75, 3.05) is 21.3 Å². The van der Waals surface area contributed by atoms with Crippen LogP contribution in [0.4, 0.5) is 0 Å². The van der Waals surface area contributed by atoms with Gasteiger partial charge in [0.2, 0.25) is 0 Å². The second kappa shape index (κ2) is 20.4. The molecule has 0 spiro atoms. The molecule has 0 heterocycles. The minimum absolute atomic E-state index is 0.570. The molecule has 0 bridgehead atoms. The molecule has 0 radical (unpaired) electrons. The highest BCUT2D eigenvalue weighted by molar-refractivity contribution is 9.11. The third kappa shape index (κ3) is 8.49. The molecule has 0 saturated carbocycles. The van der Waals surface area contributed by atoms with Gasteiger partial charge in [-0.1, -0.05) is 193 Å². The lowest BCUT2D eigenvalue weighted by Gasteiger charge is -2.40. The maximum absolute atomic E-state index is 6.04. The highest BCUT2D eigenvalue weighted by Gasteiger charge is 2.58. The Labute approximate surface area is 483 Å².